The van der Waals surface area contributed by atoms with Crippen LogP contribution in [0.4, 0.5) is 13.2 Å². The SMILES string of the molecule is CCOC(=O)c1oc2ccccc2c1CSc1nnc(C(F)(F)F)n1N. The van der Waals surface area contributed by atoms with Crippen LogP contribution in [0.15, 0.2) is 33.8 Å². The quantitative estimate of drug-likeness (QED) is 0.408. The predicted molar refractivity (Wildman–Crippen MR) is 86.9 cm³/mol. The number of nitrogens with two attached hydrogens (primary N) is 1. The number of thioether (sulfide) groups is 1. The average molecular weight is 386 g/mol. The van der Waals surface area contributed by atoms with E-state index in [0.717, 1.165) is 11.8 Å². The number of carbonyl (C=O) groups is 1. The van der Waals surface area contributed by atoms with E-state index in [4.69, 9.17) is 15.0 Å². The Morgan fingerprint density at radius 3 is 2.73 bits per heavy atom. The van der Waals surface area contributed by atoms with Crippen molar-refractivity contribution in [3.05, 3.63) is 41.4 Å². The summed E-state index contributed by atoms with van der Waals surface area (Å²) in [4.78, 5) is 12.1. The van der Waals surface area contributed by atoms with Crippen LogP contribution in [-0.4, -0.2) is 27.4 Å². The molecule has 0 amide bonds. The predicted octanol–water partition coefficient (Wildman–Crippen LogP) is 3.23. The van der Waals surface area contributed by atoms with E-state index in [1.54, 1.807) is 31.2 Å². The number of para-hydroxylation sites is 1. The zero-order valence-corrected chi connectivity index (χ0v) is 14.2. The smallest absolute Gasteiger partial charge is 0.453 e. The fraction of sp³-hybridized carbons (Fsp3) is 0.267. The standard InChI is InChI=1S/C15H13F3N4O3S/c1-2-24-12(23)11-9(8-5-3-4-6-10(8)25-11)7-26-14-21-20-13(22(14)19)15(16,17)18/h3-6H,2,7,19H2,1H3. The Morgan fingerprint density at radius 2 is 2.08 bits per heavy atom. The molecule has 2 N–H and O–H groups in total. The van der Waals surface area contributed by atoms with Crippen molar-refractivity contribution >= 4 is 28.7 Å². The number of benzene rings is 1. The third kappa shape index (κ3) is 3.34. The first-order valence-electron chi connectivity index (χ1n) is 7.41. The van der Waals surface area contributed by atoms with E-state index in [1.165, 1.54) is 0 Å². The molecule has 0 saturated carbocycles. The number of nitrogens with zero attached hydrogens (tertiary/aromatic N) is 3. The highest BCUT2D eigenvalue weighted by Crippen LogP contribution is 2.33. The number of nitrogen functional groups attached to an aromatic ring is 1. The van der Waals surface area contributed by atoms with Crippen molar-refractivity contribution in [2.75, 3.05) is 12.4 Å². The number of hydrogen-bond acceptors (Lipinski definition) is 7. The third-order valence-electron chi connectivity index (χ3n) is 3.42. The second-order valence-electron chi connectivity index (χ2n) is 5.09. The van der Waals surface area contributed by atoms with Gasteiger partial charge in [-0.05, 0) is 13.0 Å². The molecule has 0 aliphatic carbocycles. The van der Waals surface area contributed by atoms with Gasteiger partial charge in [0.25, 0.3) is 5.82 Å². The third-order valence-corrected chi connectivity index (χ3v) is 4.39. The largest absolute Gasteiger partial charge is 0.460 e. The number of aromatic nitrogens is 3. The second kappa shape index (κ2) is 6.90. The van der Waals surface area contributed by atoms with Crippen molar-refractivity contribution in [1.82, 2.24) is 14.9 Å². The Morgan fingerprint density at radius 1 is 1.35 bits per heavy atom. The van der Waals surface area contributed by atoms with Crippen LogP contribution in [0.25, 0.3) is 11.0 Å². The van der Waals surface area contributed by atoms with E-state index >= 15 is 0 Å². The number of fused-ring (bicyclic) bond motifs is 1. The maximum atomic E-state index is 12.7. The van der Waals surface area contributed by atoms with Crippen LogP contribution in [0.1, 0.15) is 28.9 Å². The lowest BCUT2D eigenvalue weighted by Crippen LogP contribution is -2.21. The Balaban J connectivity index is 1.93. The first-order valence-corrected chi connectivity index (χ1v) is 8.39. The molecule has 0 spiro atoms. The molecule has 0 unspecified atom stereocenters. The lowest BCUT2D eigenvalue weighted by molar-refractivity contribution is -0.146. The summed E-state index contributed by atoms with van der Waals surface area (Å²) in [5.41, 5.74) is 0.956. The maximum absolute atomic E-state index is 12.7. The number of esters is 1. The minimum atomic E-state index is -4.71. The molecule has 138 valence electrons. The van der Waals surface area contributed by atoms with Gasteiger partial charge in [-0.2, -0.15) is 13.2 Å². The molecule has 3 aromatic rings. The number of ether oxygens (including phenoxy) is 1. The number of alkyl halides is 3. The molecular weight excluding hydrogens is 373 g/mol. The fourth-order valence-electron chi connectivity index (χ4n) is 2.31. The van der Waals surface area contributed by atoms with Crippen LogP contribution in [0.3, 0.4) is 0 Å². The van der Waals surface area contributed by atoms with Crippen molar-refractivity contribution in [3.63, 3.8) is 0 Å². The lowest BCUT2D eigenvalue weighted by atomic mass is 10.1. The van der Waals surface area contributed by atoms with Crippen LogP contribution in [0.2, 0.25) is 0 Å². The highest BCUT2D eigenvalue weighted by molar-refractivity contribution is 7.98. The van der Waals surface area contributed by atoms with E-state index in [9.17, 15) is 18.0 Å². The maximum Gasteiger partial charge on any atom is 0.453 e. The molecule has 0 bridgehead atoms. The molecule has 26 heavy (non-hydrogen) atoms. The van der Waals surface area contributed by atoms with Crippen LogP contribution >= 0.6 is 11.8 Å². The molecule has 7 nitrogen and oxygen atoms in total. The zero-order chi connectivity index (χ0) is 18.9. The topological polar surface area (TPSA) is 96.2 Å². The Kier molecular flexibility index (Phi) is 4.81. The van der Waals surface area contributed by atoms with Crippen molar-refractivity contribution in [1.29, 1.82) is 0 Å². The summed E-state index contributed by atoms with van der Waals surface area (Å²) >= 11 is 0.903. The van der Waals surface area contributed by atoms with Gasteiger partial charge in [0.05, 0.1) is 6.61 Å². The lowest BCUT2D eigenvalue weighted by Gasteiger charge is -2.06. The van der Waals surface area contributed by atoms with Crippen molar-refractivity contribution in [2.45, 2.75) is 24.0 Å². The van der Waals surface area contributed by atoms with Crippen LogP contribution in [-0.2, 0) is 16.7 Å². The number of hydrogen-bond donors (Lipinski definition) is 1. The van der Waals surface area contributed by atoms with E-state index in [0.29, 0.717) is 21.2 Å². The summed E-state index contributed by atoms with van der Waals surface area (Å²) in [6.07, 6.45) is -4.71. The van der Waals surface area contributed by atoms with E-state index in [1.807, 2.05) is 0 Å². The van der Waals surface area contributed by atoms with Crippen LogP contribution in [0, 0.1) is 0 Å². The minimum Gasteiger partial charge on any atom is -0.460 e. The summed E-state index contributed by atoms with van der Waals surface area (Å²) in [6.45, 7) is 1.82. The summed E-state index contributed by atoms with van der Waals surface area (Å²) < 4.78 is 49.1. The molecule has 0 atom stereocenters. The molecule has 2 heterocycles. The molecule has 0 aliphatic heterocycles. The van der Waals surface area contributed by atoms with Gasteiger partial charge in [0.2, 0.25) is 10.9 Å². The molecule has 0 radical (unpaired) electrons. The summed E-state index contributed by atoms with van der Waals surface area (Å²) in [7, 11) is 0. The molecular formula is C15H13F3N4O3S. The summed E-state index contributed by atoms with van der Waals surface area (Å²) in [6, 6.07) is 6.92. The van der Waals surface area contributed by atoms with Crippen LogP contribution < -0.4 is 5.84 Å². The Bertz CT molecular complexity index is 951. The molecule has 2 aromatic heterocycles. The van der Waals surface area contributed by atoms with Gasteiger partial charge in [0, 0.05) is 16.7 Å². The molecule has 0 saturated heterocycles. The highest BCUT2D eigenvalue weighted by Gasteiger charge is 2.38. The van der Waals surface area contributed by atoms with E-state index in [2.05, 4.69) is 10.2 Å². The molecule has 3 rings (SSSR count). The zero-order valence-electron chi connectivity index (χ0n) is 13.4. The van der Waals surface area contributed by atoms with E-state index in [-0.39, 0.29) is 23.3 Å². The van der Waals surface area contributed by atoms with Gasteiger partial charge >= 0.3 is 12.1 Å². The first-order chi connectivity index (χ1) is 12.3. The van der Waals surface area contributed by atoms with Crippen molar-refractivity contribution in [2.24, 2.45) is 0 Å². The van der Waals surface area contributed by atoms with Gasteiger partial charge < -0.3 is 15.0 Å². The van der Waals surface area contributed by atoms with Gasteiger partial charge in [0.1, 0.15) is 5.58 Å². The van der Waals surface area contributed by atoms with E-state index < -0.39 is 18.0 Å². The minimum absolute atomic E-state index is 0.000295. The van der Waals surface area contributed by atoms with Gasteiger partial charge in [-0.3, -0.25) is 0 Å². The van der Waals surface area contributed by atoms with Gasteiger partial charge in [-0.15, -0.1) is 10.2 Å². The van der Waals surface area contributed by atoms with Gasteiger partial charge in [0.15, 0.2) is 0 Å². The fourth-order valence-corrected chi connectivity index (χ4v) is 3.19. The number of halogens is 3. The van der Waals surface area contributed by atoms with Crippen molar-refractivity contribution < 1.29 is 27.1 Å². The van der Waals surface area contributed by atoms with Gasteiger partial charge in [-0.1, -0.05) is 30.0 Å². The number of rotatable bonds is 5. The Hall–Kier alpha value is -2.69. The normalized spacial score (nSPS) is 11.8. The molecule has 0 aliphatic rings. The molecule has 1 aromatic carbocycles. The van der Waals surface area contributed by atoms with Gasteiger partial charge in [-0.25, -0.2) is 9.47 Å². The second-order valence-corrected chi connectivity index (χ2v) is 6.03. The monoisotopic (exact) mass is 386 g/mol. The summed E-state index contributed by atoms with van der Waals surface area (Å²) in [5.74, 6) is 3.57. The highest BCUT2D eigenvalue weighted by atomic mass is 32.2. The molecule has 11 heteroatoms. The summed E-state index contributed by atoms with van der Waals surface area (Å²) in [5, 5.41) is 7.03. The molecule has 0 fully saturated rings. The average Bonchev–Trinajstić information content (AvgIpc) is 3.13. The van der Waals surface area contributed by atoms with Crippen molar-refractivity contribution in [3.8, 4) is 0 Å². The Labute approximate surface area is 149 Å². The first kappa shape index (κ1) is 18.1. The van der Waals surface area contributed by atoms with Crippen LogP contribution in [0.5, 0.6) is 0 Å². The number of carbonyl (C=O) groups excluding carboxylic acids is 1. The number of furan rings is 1.